The fourth-order valence-corrected chi connectivity index (χ4v) is 4.48. The second-order valence-electron chi connectivity index (χ2n) is 6.28. The summed E-state index contributed by atoms with van der Waals surface area (Å²) in [4.78, 5) is 12.2. The molecular weight excluding hydrogens is 388 g/mol. The van der Waals surface area contributed by atoms with E-state index in [1.807, 2.05) is 0 Å². The molecule has 0 unspecified atom stereocenters. The van der Waals surface area contributed by atoms with Crippen LogP contribution in [0.2, 0.25) is 5.02 Å². The highest BCUT2D eigenvalue weighted by Crippen LogP contribution is 2.22. The van der Waals surface area contributed by atoms with E-state index in [2.05, 4.69) is 5.32 Å². The summed E-state index contributed by atoms with van der Waals surface area (Å²) in [5, 5.41) is 3.28. The minimum atomic E-state index is -3.47. The summed E-state index contributed by atoms with van der Waals surface area (Å²) in [6.45, 7) is 0.942. The van der Waals surface area contributed by atoms with Crippen molar-refractivity contribution in [2.24, 2.45) is 0 Å². The van der Waals surface area contributed by atoms with Gasteiger partial charge in [0.25, 0.3) is 5.91 Å². The molecule has 2 aromatic carbocycles. The average molecular weight is 409 g/mol. The number of amides is 1. The molecule has 27 heavy (non-hydrogen) atoms. The first-order chi connectivity index (χ1) is 12.9. The highest BCUT2D eigenvalue weighted by Gasteiger charge is 2.25. The zero-order valence-corrected chi connectivity index (χ0v) is 16.3. The molecule has 1 aliphatic heterocycles. The van der Waals surface area contributed by atoms with Crippen molar-refractivity contribution in [3.63, 3.8) is 0 Å². The number of nitrogens with one attached hydrogen (secondary N) is 1. The van der Waals surface area contributed by atoms with Crippen molar-refractivity contribution in [2.75, 3.05) is 25.0 Å². The molecule has 0 spiro atoms. The molecular formula is C19H21ClN2O4S. The minimum Gasteiger partial charge on any atom is -0.484 e. The van der Waals surface area contributed by atoms with Gasteiger partial charge in [0.2, 0.25) is 10.0 Å². The quantitative estimate of drug-likeness (QED) is 0.793. The Morgan fingerprint density at radius 3 is 2.26 bits per heavy atom. The molecule has 1 saturated heterocycles. The zero-order chi connectivity index (χ0) is 19.3. The number of halogens is 1. The average Bonchev–Trinajstić information content (AvgIpc) is 2.69. The predicted molar refractivity (Wildman–Crippen MR) is 105 cm³/mol. The van der Waals surface area contributed by atoms with E-state index in [1.165, 1.54) is 16.4 Å². The molecule has 0 bridgehead atoms. The smallest absolute Gasteiger partial charge is 0.262 e. The summed E-state index contributed by atoms with van der Waals surface area (Å²) in [7, 11) is -3.47. The molecule has 1 fully saturated rings. The van der Waals surface area contributed by atoms with E-state index in [9.17, 15) is 13.2 Å². The fraction of sp³-hybridized carbons (Fsp3) is 0.316. The number of anilines is 1. The van der Waals surface area contributed by atoms with Crippen LogP contribution < -0.4 is 10.1 Å². The normalized spacial score (nSPS) is 15.3. The standard InChI is InChI=1S/C19H21ClN2O4S/c20-15-4-6-16(7-5-15)21-19(23)14-26-17-8-10-18(11-9-17)27(24,25)22-12-2-1-3-13-22/h4-11H,1-3,12-14H2,(H,21,23). The van der Waals surface area contributed by atoms with Crippen LogP contribution >= 0.6 is 11.6 Å². The van der Waals surface area contributed by atoms with Gasteiger partial charge in [-0.2, -0.15) is 4.31 Å². The highest BCUT2D eigenvalue weighted by molar-refractivity contribution is 7.89. The SMILES string of the molecule is O=C(COc1ccc(S(=O)(=O)N2CCCCC2)cc1)Nc1ccc(Cl)cc1. The van der Waals surface area contributed by atoms with Crippen molar-refractivity contribution < 1.29 is 17.9 Å². The molecule has 0 aliphatic carbocycles. The molecule has 1 amide bonds. The maximum Gasteiger partial charge on any atom is 0.262 e. The zero-order valence-electron chi connectivity index (χ0n) is 14.7. The van der Waals surface area contributed by atoms with Crippen LogP contribution in [0.25, 0.3) is 0 Å². The van der Waals surface area contributed by atoms with Gasteiger partial charge in [0.05, 0.1) is 4.90 Å². The third-order valence-corrected chi connectivity index (χ3v) is 6.44. The van der Waals surface area contributed by atoms with E-state index in [0.29, 0.717) is 29.5 Å². The number of benzene rings is 2. The van der Waals surface area contributed by atoms with E-state index in [4.69, 9.17) is 16.3 Å². The Hall–Kier alpha value is -2.09. The van der Waals surface area contributed by atoms with Crippen molar-refractivity contribution in [1.82, 2.24) is 4.31 Å². The van der Waals surface area contributed by atoms with Crippen LogP contribution in [-0.4, -0.2) is 38.3 Å². The number of sulfonamides is 1. The van der Waals surface area contributed by atoms with Gasteiger partial charge < -0.3 is 10.1 Å². The lowest BCUT2D eigenvalue weighted by Gasteiger charge is -2.25. The van der Waals surface area contributed by atoms with Crippen LogP contribution in [0, 0.1) is 0 Å². The summed E-state index contributed by atoms with van der Waals surface area (Å²) in [6.07, 6.45) is 2.85. The predicted octanol–water partition coefficient (Wildman–Crippen LogP) is 3.53. The first-order valence-corrected chi connectivity index (χ1v) is 10.6. The number of nitrogens with zero attached hydrogens (tertiary/aromatic N) is 1. The third-order valence-electron chi connectivity index (χ3n) is 4.27. The monoisotopic (exact) mass is 408 g/mol. The van der Waals surface area contributed by atoms with E-state index in [1.54, 1.807) is 36.4 Å². The Morgan fingerprint density at radius 2 is 1.63 bits per heavy atom. The lowest BCUT2D eigenvalue weighted by molar-refractivity contribution is -0.118. The summed E-state index contributed by atoms with van der Waals surface area (Å²) in [6, 6.07) is 12.9. The van der Waals surface area contributed by atoms with Gasteiger partial charge in [0.1, 0.15) is 5.75 Å². The maximum atomic E-state index is 12.6. The third kappa shape index (κ3) is 5.22. The minimum absolute atomic E-state index is 0.180. The lowest BCUT2D eigenvalue weighted by Crippen LogP contribution is -2.35. The molecule has 3 rings (SSSR count). The van der Waals surface area contributed by atoms with Crippen LogP contribution in [0.5, 0.6) is 5.75 Å². The Kier molecular flexibility index (Phi) is 6.36. The number of hydrogen-bond donors (Lipinski definition) is 1. The van der Waals surface area contributed by atoms with Crippen LogP contribution in [0.15, 0.2) is 53.4 Å². The van der Waals surface area contributed by atoms with Crippen molar-refractivity contribution in [3.05, 3.63) is 53.6 Å². The topological polar surface area (TPSA) is 75.7 Å². The number of carbonyl (C=O) groups excluding carboxylic acids is 1. The molecule has 1 N–H and O–H groups in total. The van der Waals surface area contributed by atoms with Gasteiger partial charge in [-0.15, -0.1) is 0 Å². The number of rotatable bonds is 6. The molecule has 0 aromatic heterocycles. The largest absolute Gasteiger partial charge is 0.484 e. The van der Waals surface area contributed by atoms with Crippen molar-refractivity contribution in [3.8, 4) is 5.75 Å². The van der Waals surface area contributed by atoms with Gasteiger partial charge in [0, 0.05) is 23.8 Å². The summed E-state index contributed by atoms with van der Waals surface area (Å²) >= 11 is 5.80. The van der Waals surface area contributed by atoms with Gasteiger partial charge in [-0.1, -0.05) is 18.0 Å². The van der Waals surface area contributed by atoms with E-state index < -0.39 is 10.0 Å². The fourth-order valence-electron chi connectivity index (χ4n) is 2.84. The molecule has 0 saturated carbocycles. The summed E-state index contributed by atoms with van der Waals surface area (Å²) in [5.41, 5.74) is 0.621. The number of ether oxygens (including phenoxy) is 1. The molecule has 0 radical (unpaired) electrons. The molecule has 1 aliphatic rings. The Bertz CT molecular complexity index is 877. The second-order valence-corrected chi connectivity index (χ2v) is 8.65. The van der Waals surface area contributed by atoms with E-state index >= 15 is 0 Å². The summed E-state index contributed by atoms with van der Waals surface area (Å²) in [5.74, 6) is 0.112. The Labute approximate surface area is 164 Å². The van der Waals surface area contributed by atoms with Crippen LogP contribution in [0.4, 0.5) is 5.69 Å². The first kappa shape index (κ1) is 19.7. The van der Waals surface area contributed by atoms with E-state index in [-0.39, 0.29) is 17.4 Å². The molecule has 8 heteroatoms. The molecule has 144 valence electrons. The molecule has 6 nitrogen and oxygen atoms in total. The van der Waals surface area contributed by atoms with Crippen LogP contribution in [-0.2, 0) is 14.8 Å². The highest BCUT2D eigenvalue weighted by atomic mass is 35.5. The summed E-state index contributed by atoms with van der Waals surface area (Å²) < 4.78 is 32.2. The lowest BCUT2D eigenvalue weighted by atomic mass is 10.2. The number of carbonyl (C=O) groups is 1. The molecule has 0 atom stereocenters. The van der Waals surface area contributed by atoms with Crippen molar-refractivity contribution in [2.45, 2.75) is 24.2 Å². The second kappa shape index (κ2) is 8.73. The van der Waals surface area contributed by atoms with Gasteiger partial charge in [-0.25, -0.2) is 8.42 Å². The van der Waals surface area contributed by atoms with Gasteiger partial charge in [-0.3, -0.25) is 4.79 Å². The van der Waals surface area contributed by atoms with Crippen LogP contribution in [0.1, 0.15) is 19.3 Å². The van der Waals surface area contributed by atoms with Crippen LogP contribution in [0.3, 0.4) is 0 Å². The van der Waals surface area contributed by atoms with Crippen molar-refractivity contribution >= 4 is 33.2 Å². The van der Waals surface area contributed by atoms with E-state index in [0.717, 1.165) is 19.3 Å². The Morgan fingerprint density at radius 1 is 1.00 bits per heavy atom. The maximum absolute atomic E-state index is 12.6. The number of piperidine rings is 1. The van der Waals surface area contributed by atoms with Gasteiger partial charge >= 0.3 is 0 Å². The number of hydrogen-bond acceptors (Lipinski definition) is 4. The van der Waals surface area contributed by atoms with Gasteiger partial charge in [0.15, 0.2) is 6.61 Å². The van der Waals surface area contributed by atoms with Gasteiger partial charge in [-0.05, 0) is 61.4 Å². The Balaban J connectivity index is 1.55. The van der Waals surface area contributed by atoms with Crippen molar-refractivity contribution in [1.29, 1.82) is 0 Å². The molecule has 2 aromatic rings. The molecule has 1 heterocycles. The first-order valence-electron chi connectivity index (χ1n) is 8.73.